The van der Waals surface area contributed by atoms with E-state index in [1.165, 1.54) is 6.33 Å². The first kappa shape index (κ1) is 15.4. The van der Waals surface area contributed by atoms with Crippen LogP contribution in [0.4, 0.5) is 5.82 Å². The van der Waals surface area contributed by atoms with Gasteiger partial charge in [-0.3, -0.25) is 4.79 Å². The van der Waals surface area contributed by atoms with E-state index in [0.29, 0.717) is 5.69 Å². The van der Waals surface area contributed by atoms with Gasteiger partial charge in [0.2, 0.25) is 0 Å². The van der Waals surface area contributed by atoms with Gasteiger partial charge in [-0.2, -0.15) is 0 Å². The third-order valence-corrected chi connectivity index (χ3v) is 2.61. The summed E-state index contributed by atoms with van der Waals surface area (Å²) in [7, 11) is 1.98. The molecular formula is C14H24N4O. The minimum absolute atomic E-state index is 0.167. The zero-order chi connectivity index (χ0) is 14.5. The largest absolute Gasteiger partial charge is 0.360 e. The zero-order valence-corrected chi connectivity index (χ0v) is 12.5. The van der Waals surface area contributed by atoms with Crippen molar-refractivity contribution in [1.29, 1.82) is 0 Å². The van der Waals surface area contributed by atoms with E-state index in [4.69, 9.17) is 0 Å². The molecule has 0 aliphatic carbocycles. The lowest BCUT2D eigenvalue weighted by atomic mass is 10.1. The number of unbranched alkanes of at least 4 members (excludes halogenated alkanes) is 1. The summed E-state index contributed by atoms with van der Waals surface area (Å²) in [5, 5.41) is 2.90. The Morgan fingerprint density at radius 3 is 2.63 bits per heavy atom. The number of nitrogens with one attached hydrogen (secondary N) is 1. The predicted molar refractivity (Wildman–Crippen MR) is 77.4 cm³/mol. The second-order valence-corrected chi connectivity index (χ2v) is 5.74. The molecule has 1 heterocycles. The van der Waals surface area contributed by atoms with E-state index < -0.39 is 0 Å². The normalized spacial score (nSPS) is 11.2. The Morgan fingerprint density at radius 2 is 2.05 bits per heavy atom. The van der Waals surface area contributed by atoms with Crippen molar-refractivity contribution in [3.8, 4) is 0 Å². The van der Waals surface area contributed by atoms with Crippen molar-refractivity contribution in [2.24, 2.45) is 0 Å². The number of hydrogen-bond donors (Lipinski definition) is 1. The molecule has 1 N–H and O–H groups in total. The van der Waals surface area contributed by atoms with Gasteiger partial charge in [0.25, 0.3) is 5.91 Å². The van der Waals surface area contributed by atoms with E-state index in [1.54, 1.807) is 6.07 Å². The highest BCUT2D eigenvalue weighted by Gasteiger charge is 2.17. The maximum absolute atomic E-state index is 12.0. The first-order valence-electron chi connectivity index (χ1n) is 6.69. The highest BCUT2D eigenvalue weighted by atomic mass is 16.2. The quantitative estimate of drug-likeness (QED) is 0.886. The van der Waals surface area contributed by atoms with Gasteiger partial charge in [-0.15, -0.1) is 0 Å². The molecule has 19 heavy (non-hydrogen) atoms. The van der Waals surface area contributed by atoms with Gasteiger partial charge in [0, 0.05) is 25.2 Å². The molecule has 1 rings (SSSR count). The monoisotopic (exact) mass is 264 g/mol. The lowest BCUT2D eigenvalue weighted by Crippen LogP contribution is -2.41. The summed E-state index contributed by atoms with van der Waals surface area (Å²) in [6, 6.07) is 1.73. The van der Waals surface area contributed by atoms with Crippen LogP contribution in [-0.4, -0.2) is 35.0 Å². The SMILES string of the molecule is CCCCN(C)c1cc(C(=O)NC(C)(C)C)ncn1. The van der Waals surface area contributed by atoms with Crippen molar-refractivity contribution in [3.05, 3.63) is 18.1 Å². The van der Waals surface area contributed by atoms with E-state index in [1.807, 2.05) is 32.7 Å². The van der Waals surface area contributed by atoms with Gasteiger partial charge in [0.15, 0.2) is 0 Å². The average molecular weight is 264 g/mol. The minimum Gasteiger partial charge on any atom is -0.360 e. The Kier molecular flexibility index (Phi) is 5.27. The fourth-order valence-corrected chi connectivity index (χ4v) is 1.59. The zero-order valence-electron chi connectivity index (χ0n) is 12.5. The van der Waals surface area contributed by atoms with Crippen molar-refractivity contribution in [1.82, 2.24) is 15.3 Å². The molecule has 0 fully saturated rings. The van der Waals surface area contributed by atoms with E-state index in [0.717, 1.165) is 25.2 Å². The number of aromatic nitrogens is 2. The van der Waals surface area contributed by atoms with Gasteiger partial charge in [-0.05, 0) is 27.2 Å². The number of anilines is 1. The molecule has 0 aromatic carbocycles. The highest BCUT2D eigenvalue weighted by Crippen LogP contribution is 2.11. The fraction of sp³-hybridized carbons (Fsp3) is 0.643. The van der Waals surface area contributed by atoms with Crippen LogP contribution < -0.4 is 10.2 Å². The molecule has 1 amide bonds. The number of carbonyl (C=O) groups excluding carboxylic acids is 1. The van der Waals surface area contributed by atoms with Crippen molar-refractivity contribution in [2.75, 3.05) is 18.5 Å². The van der Waals surface area contributed by atoms with Gasteiger partial charge < -0.3 is 10.2 Å². The maximum Gasteiger partial charge on any atom is 0.270 e. The third-order valence-electron chi connectivity index (χ3n) is 2.61. The van der Waals surface area contributed by atoms with Crippen LogP contribution in [0, 0.1) is 0 Å². The van der Waals surface area contributed by atoms with Crippen LogP contribution in [0.15, 0.2) is 12.4 Å². The van der Waals surface area contributed by atoms with E-state index in [2.05, 4.69) is 22.2 Å². The first-order chi connectivity index (χ1) is 8.83. The summed E-state index contributed by atoms with van der Waals surface area (Å²) in [4.78, 5) is 22.3. The maximum atomic E-state index is 12.0. The third kappa shape index (κ3) is 5.24. The van der Waals surface area contributed by atoms with Crippen LogP contribution in [0.3, 0.4) is 0 Å². The van der Waals surface area contributed by atoms with Crippen LogP contribution in [0.25, 0.3) is 0 Å². The Bertz CT molecular complexity index is 426. The number of carbonyl (C=O) groups is 1. The molecule has 0 radical (unpaired) electrons. The number of hydrogen-bond acceptors (Lipinski definition) is 4. The number of nitrogens with zero attached hydrogens (tertiary/aromatic N) is 3. The van der Waals surface area contributed by atoms with Crippen LogP contribution in [0.5, 0.6) is 0 Å². The Balaban J connectivity index is 2.79. The van der Waals surface area contributed by atoms with Crippen molar-refractivity contribution >= 4 is 11.7 Å². The summed E-state index contributed by atoms with van der Waals surface area (Å²) in [6.07, 6.45) is 3.67. The topological polar surface area (TPSA) is 58.1 Å². The molecule has 0 spiro atoms. The number of amides is 1. The van der Waals surface area contributed by atoms with Gasteiger partial charge in [-0.25, -0.2) is 9.97 Å². The average Bonchev–Trinajstić information content (AvgIpc) is 2.34. The van der Waals surface area contributed by atoms with E-state index in [9.17, 15) is 4.79 Å². The van der Waals surface area contributed by atoms with Crippen molar-refractivity contribution in [3.63, 3.8) is 0 Å². The second-order valence-electron chi connectivity index (χ2n) is 5.74. The van der Waals surface area contributed by atoms with Crippen LogP contribution in [0.2, 0.25) is 0 Å². The second kappa shape index (κ2) is 6.50. The fourth-order valence-electron chi connectivity index (χ4n) is 1.59. The molecule has 0 aliphatic rings. The highest BCUT2D eigenvalue weighted by molar-refractivity contribution is 5.93. The summed E-state index contributed by atoms with van der Waals surface area (Å²) < 4.78 is 0. The molecule has 0 atom stereocenters. The van der Waals surface area contributed by atoms with Crippen LogP contribution in [-0.2, 0) is 0 Å². The first-order valence-corrected chi connectivity index (χ1v) is 6.69. The van der Waals surface area contributed by atoms with Gasteiger partial charge in [-0.1, -0.05) is 13.3 Å². The molecule has 0 aliphatic heterocycles. The van der Waals surface area contributed by atoms with Crippen LogP contribution >= 0.6 is 0 Å². The molecule has 0 saturated carbocycles. The Labute approximate surface area is 115 Å². The lowest BCUT2D eigenvalue weighted by molar-refractivity contribution is 0.0914. The van der Waals surface area contributed by atoms with Crippen LogP contribution in [0.1, 0.15) is 51.0 Å². The molecule has 1 aromatic rings. The molecular weight excluding hydrogens is 240 g/mol. The molecule has 0 bridgehead atoms. The summed E-state index contributed by atoms with van der Waals surface area (Å²) in [6.45, 7) is 8.91. The number of rotatable bonds is 5. The molecule has 5 heteroatoms. The van der Waals surface area contributed by atoms with Gasteiger partial charge >= 0.3 is 0 Å². The van der Waals surface area contributed by atoms with Gasteiger partial charge in [0.1, 0.15) is 17.8 Å². The summed E-state index contributed by atoms with van der Waals surface area (Å²) in [5.74, 6) is 0.613. The molecule has 0 unspecified atom stereocenters. The smallest absolute Gasteiger partial charge is 0.270 e. The minimum atomic E-state index is -0.268. The van der Waals surface area contributed by atoms with Gasteiger partial charge in [0.05, 0.1) is 0 Å². The Morgan fingerprint density at radius 1 is 1.37 bits per heavy atom. The molecule has 1 aromatic heterocycles. The molecule has 106 valence electrons. The Hall–Kier alpha value is -1.65. The summed E-state index contributed by atoms with van der Waals surface area (Å²) in [5.41, 5.74) is 0.138. The van der Waals surface area contributed by atoms with Crippen molar-refractivity contribution < 1.29 is 4.79 Å². The molecule has 0 saturated heterocycles. The van der Waals surface area contributed by atoms with E-state index in [-0.39, 0.29) is 11.4 Å². The standard InChI is InChI=1S/C14H24N4O/c1-6-7-8-18(5)12-9-11(15-10-16-12)13(19)17-14(2,3)4/h9-10H,6-8H2,1-5H3,(H,17,19). The predicted octanol–water partition coefficient (Wildman–Crippen LogP) is 2.24. The van der Waals surface area contributed by atoms with E-state index >= 15 is 0 Å². The molecule has 5 nitrogen and oxygen atoms in total. The van der Waals surface area contributed by atoms with Crippen molar-refractivity contribution in [2.45, 2.75) is 46.1 Å². The lowest BCUT2D eigenvalue weighted by Gasteiger charge is -2.21. The summed E-state index contributed by atoms with van der Waals surface area (Å²) >= 11 is 0.